The van der Waals surface area contributed by atoms with Crippen LogP contribution in [0.1, 0.15) is 27.0 Å². The fraction of sp³-hybridized carbons (Fsp3) is 0.269. The van der Waals surface area contributed by atoms with Crippen LogP contribution in [-0.2, 0) is 13.2 Å². The van der Waals surface area contributed by atoms with Crippen LogP contribution in [0.25, 0.3) is 0 Å². The highest BCUT2D eigenvalue weighted by Gasteiger charge is 2.22. The lowest BCUT2D eigenvalue weighted by Crippen LogP contribution is -2.48. The minimum atomic E-state index is 0.0744. The van der Waals surface area contributed by atoms with E-state index in [0.717, 1.165) is 48.9 Å². The summed E-state index contributed by atoms with van der Waals surface area (Å²) in [5.74, 6) is 0.744. The molecule has 0 atom stereocenters. The van der Waals surface area contributed by atoms with Crippen molar-refractivity contribution in [1.82, 2.24) is 9.80 Å². The van der Waals surface area contributed by atoms with Gasteiger partial charge in [-0.1, -0.05) is 53.5 Å². The molecular weight excluding hydrogens is 443 g/mol. The first-order valence-electron chi connectivity index (χ1n) is 10.7. The molecule has 4 rings (SSSR count). The smallest absolute Gasteiger partial charge is 0.253 e. The van der Waals surface area contributed by atoms with Crippen LogP contribution in [0.2, 0.25) is 10.0 Å². The number of hydrogen-bond donors (Lipinski definition) is 0. The van der Waals surface area contributed by atoms with Crippen molar-refractivity contribution >= 4 is 29.1 Å². The number of carbonyl (C=O) groups is 1. The third-order valence-corrected chi connectivity index (χ3v) is 6.23. The molecule has 3 aromatic carbocycles. The summed E-state index contributed by atoms with van der Waals surface area (Å²) in [7, 11) is 0. The number of nitrogens with zero attached hydrogens (tertiary/aromatic N) is 2. The molecule has 1 amide bonds. The maximum Gasteiger partial charge on any atom is 0.253 e. The van der Waals surface area contributed by atoms with E-state index in [1.807, 2.05) is 66.4 Å². The Hall–Kier alpha value is -2.53. The van der Waals surface area contributed by atoms with Crippen LogP contribution in [0.15, 0.2) is 66.7 Å². The normalized spacial score (nSPS) is 14.4. The van der Waals surface area contributed by atoms with E-state index in [2.05, 4.69) is 17.0 Å². The van der Waals surface area contributed by atoms with Crippen molar-refractivity contribution in [2.24, 2.45) is 0 Å². The van der Waals surface area contributed by atoms with Crippen LogP contribution < -0.4 is 4.74 Å². The number of rotatable bonds is 6. The maximum atomic E-state index is 12.9. The lowest BCUT2D eigenvalue weighted by atomic mass is 10.1. The van der Waals surface area contributed by atoms with Gasteiger partial charge in [0.05, 0.1) is 5.02 Å². The summed E-state index contributed by atoms with van der Waals surface area (Å²) in [5, 5.41) is 1.35. The fourth-order valence-electron chi connectivity index (χ4n) is 3.77. The predicted octanol–water partition coefficient (Wildman–Crippen LogP) is 5.84. The second-order valence-corrected chi connectivity index (χ2v) is 8.96. The van der Waals surface area contributed by atoms with Gasteiger partial charge in [0.25, 0.3) is 5.91 Å². The molecule has 1 aliphatic heterocycles. The van der Waals surface area contributed by atoms with Gasteiger partial charge in [0.1, 0.15) is 12.4 Å². The molecule has 1 aliphatic rings. The van der Waals surface area contributed by atoms with E-state index in [4.69, 9.17) is 27.9 Å². The molecule has 1 fully saturated rings. The van der Waals surface area contributed by atoms with Crippen LogP contribution >= 0.6 is 23.2 Å². The molecule has 0 N–H and O–H groups in total. The largest absolute Gasteiger partial charge is 0.487 e. The first-order valence-corrected chi connectivity index (χ1v) is 11.5. The maximum absolute atomic E-state index is 12.9. The number of piperazine rings is 1. The van der Waals surface area contributed by atoms with Crippen LogP contribution in [0.4, 0.5) is 0 Å². The van der Waals surface area contributed by atoms with Crippen LogP contribution in [-0.4, -0.2) is 41.9 Å². The summed E-state index contributed by atoms with van der Waals surface area (Å²) < 4.78 is 5.85. The molecule has 1 heterocycles. The summed E-state index contributed by atoms with van der Waals surface area (Å²) in [6.07, 6.45) is 0. The number of hydrogen-bond acceptors (Lipinski definition) is 3. The Kier molecular flexibility index (Phi) is 7.36. The van der Waals surface area contributed by atoms with Gasteiger partial charge in [0, 0.05) is 43.3 Å². The Bertz CT molecular complexity index is 1060. The second kappa shape index (κ2) is 10.4. The molecule has 0 aliphatic carbocycles. The second-order valence-electron chi connectivity index (χ2n) is 8.11. The van der Waals surface area contributed by atoms with Gasteiger partial charge < -0.3 is 9.64 Å². The average Bonchev–Trinajstić information content (AvgIpc) is 2.81. The third-order valence-electron chi connectivity index (χ3n) is 5.66. The van der Waals surface area contributed by atoms with Gasteiger partial charge in [0.15, 0.2) is 0 Å². The Morgan fingerprint density at radius 2 is 1.53 bits per heavy atom. The van der Waals surface area contributed by atoms with E-state index < -0.39 is 0 Å². The molecule has 166 valence electrons. The zero-order valence-electron chi connectivity index (χ0n) is 18.1. The van der Waals surface area contributed by atoms with Crippen molar-refractivity contribution < 1.29 is 9.53 Å². The van der Waals surface area contributed by atoms with Crippen molar-refractivity contribution in [1.29, 1.82) is 0 Å². The topological polar surface area (TPSA) is 32.8 Å². The van der Waals surface area contributed by atoms with E-state index in [1.165, 1.54) is 5.56 Å². The first-order chi connectivity index (χ1) is 15.5. The SMILES string of the molecule is Cc1ccc(Cl)c(OCc2ccc(C(=O)N3CCN(Cc4ccc(Cl)cc4)CC3)cc2)c1. The van der Waals surface area contributed by atoms with E-state index >= 15 is 0 Å². The first kappa shape index (κ1) is 22.7. The van der Waals surface area contributed by atoms with Crippen LogP contribution in [0, 0.1) is 6.92 Å². The summed E-state index contributed by atoms with van der Waals surface area (Å²) in [6, 6.07) is 21.3. The van der Waals surface area contributed by atoms with Crippen LogP contribution in [0.5, 0.6) is 5.75 Å². The molecular formula is C26H26Cl2N2O2. The molecule has 0 bridgehead atoms. The zero-order chi connectivity index (χ0) is 22.5. The fourth-order valence-corrected chi connectivity index (χ4v) is 4.06. The standard InChI is InChI=1S/C26H26Cl2N2O2/c1-19-2-11-24(28)25(16-19)32-18-21-3-7-22(8-4-21)26(31)30-14-12-29(13-15-30)17-20-5-9-23(27)10-6-20/h2-11,16H,12-15,17-18H2,1H3. The molecule has 6 heteroatoms. The van der Waals surface area contributed by atoms with Gasteiger partial charge in [-0.25, -0.2) is 0 Å². The quantitative estimate of drug-likeness (QED) is 0.455. The summed E-state index contributed by atoms with van der Waals surface area (Å²) in [6.45, 7) is 6.45. The third kappa shape index (κ3) is 5.83. The Labute approximate surface area is 199 Å². The number of halogens is 2. The predicted molar refractivity (Wildman–Crippen MR) is 130 cm³/mol. The highest BCUT2D eigenvalue weighted by molar-refractivity contribution is 6.32. The molecule has 0 radical (unpaired) electrons. The van der Waals surface area contributed by atoms with E-state index in [0.29, 0.717) is 22.9 Å². The molecule has 1 saturated heterocycles. The molecule has 32 heavy (non-hydrogen) atoms. The van der Waals surface area contributed by atoms with Crippen molar-refractivity contribution in [3.05, 3.63) is 99.0 Å². The molecule has 0 unspecified atom stereocenters. The Morgan fingerprint density at radius 1 is 0.875 bits per heavy atom. The monoisotopic (exact) mass is 468 g/mol. The molecule has 4 nitrogen and oxygen atoms in total. The Balaban J connectivity index is 1.28. The highest BCUT2D eigenvalue weighted by atomic mass is 35.5. The van der Waals surface area contributed by atoms with Crippen molar-refractivity contribution in [2.75, 3.05) is 26.2 Å². The Morgan fingerprint density at radius 3 is 2.22 bits per heavy atom. The van der Waals surface area contributed by atoms with Crippen molar-refractivity contribution in [3.63, 3.8) is 0 Å². The molecule has 0 aromatic heterocycles. The van der Waals surface area contributed by atoms with E-state index in [-0.39, 0.29) is 5.91 Å². The summed E-state index contributed by atoms with van der Waals surface area (Å²) >= 11 is 12.2. The molecule has 3 aromatic rings. The van der Waals surface area contributed by atoms with Gasteiger partial charge in [-0.15, -0.1) is 0 Å². The van der Waals surface area contributed by atoms with Gasteiger partial charge in [-0.3, -0.25) is 9.69 Å². The van der Waals surface area contributed by atoms with Crippen molar-refractivity contribution in [3.8, 4) is 5.75 Å². The number of benzene rings is 3. The zero-order valence-corrected chi connectivity index (χ0v) is 19.6. The number of carbonyl (C=O) groups excluding carboxylic acids is 1. The van der Waals surface area contributed by atoms with Gasteiger partial charge in [0.2, 0.25) is 0 Å². The average molecular weight is 469 g/mol. The minimum absolute atomic E-state index is 0.0744. The number of amides is 1. The molecule has 0 spiro atoms. The lowest BCUT2D eigenvalue weighted by Gasteiger charge is -2.34. The number of aryl methyl sites for hydroxylation is 1. The van der Waals surface area contributed by atoms with Crippen LogP contribution in [0.3, 0.4) is 0 Å². The van der Waals surface area contributed by atoms with Gasteiger partial charge in [-0.2, -0.15) is 0 Å². The summed E-state index contributed by atoms with van der Waals surface area (Å²) in [5.41, 5.74) is 4.03. The van der Waals surface area contributed by atoms with Gasteiger partial charge >= 0.3 is 0 Å². The highest BCUT2D eigenvalue weighted by Crippen LogP contribution is 2.26. The minimum Gasteiger partial charge on any atom is -0.487 e. The number of ether oxygens (including phenoxy) is 1. The van der Waals surface area contributed by atoms with Gasteiger partial charge in [-0.05, 0) is 60.0 Å². The van der Waals surface area contributed by atoms with E-state index in [9.17, 15) is 4.79 Å². The van der Waals surface area contributed by atoms with Crippen molar-refractivity contribution in [2.45, 2.75) is 20.1 Å². The molecule has 0 saturated carbocycles. The summed E-state index contributed by atoms with van der Waals surface area (Å²) in [4.78, 5) is 17.2. The van der Waals surface area contributed by atoms with E-state index in [1.54, 1.807) is 0 Å². The lowest BCUT2D eigenvalue weighted by molar-refractivity contribution is 0.0628.